The molecule has 1 aliphatic rings. The van der Waals surface area contributed by atoms with E-state index < -0.39 is 0 Å². The number of carbonyl (C=O) groups is 1. The van der Waals surface area contributed by atoms with Gasteiger partial charge in [-0.1, -0.05) is 6.07 Å². The lowest BCUT2D eigenvalue weighted by atomic mass is 10.1. The van der Waals surface area contributed by atoms with Gasteiger partial charge in [0, 0.05) is 12.6 Å². The average molecular weight is 285 g/mol. The lowest BCUT2D eigenvalue weighted by molar-refractivity contribution is -0.116. The van der Waals surface area contributed by atoms with Crippen LogP contribution in [0.2, 0.25) is 0 Å². The third-order valence-corrected chi connectivity index (χ3v) is 3.09. The van der Waals surface area contributed by atoms with Gasteiger partial charge in [-0.15, -0.1) is 0 Å². The van der Waals surface area contributed by atoms with Crippen LogP contribution in [-0.4, -0.2) is 19.2 Å². The first-order valence-electron chi connectivity index (χ1n) is 6.69. The number of carbonyl (C=O) groups excluding carboxylic acids is 1. The molecule has 1 aromatic carbocycles. The van der Waals surface area contributed by atoms with E-state index in [1.165, 1.54) is 6.08 Å². The van der Waals surface area contributed by atoms with Crippen LogP contribution in [0.3, 0.4) is 0 Å². The van der Waals surface area contributed by atoms with Gasteiger partial charge in [0.05, 0.1) is 6.26 Å². The Morgan fingerprint density at radius 2 is 2.14 bits per heavy atom. The second-order valence-electron chi connectivity index (χ2n) is 4.58. The molecule has 0 atom stereocenters. The van der Waals surface area contributed by atoms with Crippen LogP contribution in [0.25, 0.3) is 6.08 Å². The normalized spacial score (nSPS) is 12.8. The van der Waals surface area contributed by atoms with Gasteiger partial charge in [-0.05, 0) is 42.3 Å². The second kappa shape index (κ2) is 6.17. The summed E-state index contributed by atoms with van der Waals surface area (Å²) in [6, 6.07) is 9.36. The molecule has 5 heteroatoms. The number of ether oxygens (including phenoxy) is 2. The molecule has 5 nitrogen and oxygen atoms in total. The molecule has 108 valence electrons. The summed E-state index contributed by atoms with van der Waals surface area (Å²) in [6.07, 6.45) is 5.39. The smallest absolute Gasteiger partial charge is 0.244 e. The Balaban J connectivity index is 1.46. The number of amides is 1. The molecule has 1 N–H and O–H groups in total. The highest BCUT2D eigenvalue weighted by molar-refractivity contribution is 5.91. The van der Waals surface area contributed by atoms with E-state index in [0.29, 0.717) is 12.3 Å². The lowest BCUT2D eigenvalue weighted by Gasteiger charge is -2.04. The summed E-state index contributed by atoms with van der Waals surface area (Å²) in [5, 5.41) is 2.82. The molecule has 3 rings (SSSR count). The first kappa shape index (κ1) is 13.3. The molecule has 1 aromatic heterocycles. The fourth-order valence-corrected chi connectivity index (χ4v) is 2.03. The highest BCUT2D eigenvalue weighted by Gasteiger charge is 2.12. The molecule has 1 aliphatic heterocycles. The van der Waals surface area contributed by atoms with Crippen LogP contribution in [0, 0.1) is 0 Å². The van der Waals surface area contributed by atoms with Gasteiger partial charge in [0.25, 0.3) is 0 Å². The second-order valence-corrected chi connectivity index (χ2v) is 4.58. The Morgan fingerprint density at radius 1 is 1.24 bits per heavy atom. The third kappa shape index (κ3) is 3.45. The van der Waals surface area contributed by atoms with Crippen molar-refractivity contribution in [1.29, 1.82) is 0 Å². The quantitative estimate of drug-likeness (QED) is 0.857. The summed E-state index contributed by atoms with van der Waals surface area (Å²) < 4.78 is 15.7. The summed E-state index contributed by atoms with van der Waals surface area (Å²) in [4.78, 5) is 11.6. The molecule has 2 heterocycles. The molecule has 0 saturated carbocycles. The molecular weight excluding hydrogens is 270 g/mol. The minimum absolute atomic E-state index is 0.146. The van der Waals surface area contributed by atoms with Crippen molar-refractivity contribution in [2.45, 2.75) is 6.42 Å². The summed E-state index contributed by atoms with van der Waals surface area (Å²) in [7, 11) is 0. The largest absolute Gasteiger partial charge is 0.465 e. The average Bonchev–Trinajstić information content (AvgIpc) is 3.16. The SMILES string of the molecule is O=C(/C=C/c1ccco1)NCCc1ccc2c(c1)OCO2. The minimum atomic E-state index is -0.146. The predicted molar refractivity (Wildman–Crippen MR) is 77.0 cm³/mol. The monoisotopic (exact) mass is 285 g/mol. The van der Waals surface area contributed by atoms with Gasteiger partial charge in [-0.25, -0.2) is 0 Å². The lowest BCUT2D eigenvalue weighted by Crippen LogP contribution is -2.23. The van der Waals surface area contributed by atoms with E-state index in [9.17, 15) is 4.79 Å². The van der Waals surface area contributed by atoms with E-state index in [2.05, 4.69) is 5.32 Å². The zero-order valence-electron chi connectivity index (χ0n) is 11.4. The van der Waals surface area contributed by atoms with Crippen LogP contribution < -0.4 is 14.8 Å². The molecule has 0 bridgehead atoms. The van der Waals surface area contributed by atoms with Crippen molar-refractivity contribution >= 4 is 12.0 Å². The van der Waals surface area contributed by atoms with Gasteiger partial charge in [0.2, 0.25) is 12.7 Å². The van der Waals surface area contributed by atoms with Crippen molar-refractivity contribution in [2.75, 3.05) is 13.3 Å². The molecule has 0 radical (unpaired) electrons. The summed E-state index contributed by atoms with van der Waals surface area (Å²) >= 11 is 0. The van der Waals surface area contributed by atoms with Crippen molar-refractivity contribution < 1.29 is 18.7 Å². The van der Waals surface area contributed by atoms with Crippen LogP contribution >= 0.6 is 0 Å². The van der Waals surface area contributed by atoms with E-state index in [1.54, 1.807) is 24.5 Å². The molecule has 0 unspecified atom stereocenters. The fraction of sp³-hybridized carbons (Fsp3) is 0.188. The van der Waals surface area contributed by atoms with Crippen LogP contribution in [0.5, 0.6) is 11.5 Å². The topological polar surface area (TPSA) is 60.7 Å². The van der Waals surface area contributed by atoms with Gasteiger partial charge in [-0.3, -0.25) is 4.79 Å². The van der Waals surface area contributed by atoms with E-state index in [0.717, 1.165) is 23.5 Å². The number of rotatable bonds is 5. The maximum atomic E-state index is 11.6. The molecular formula is C16H15NO4. The Kier molecular flexibility index (Phi) is 3.91. The number of hydrogen-bond donors (Lipinski definition) is 1. The van der Waals surface area contributed by atoms with Gasteiger partial charge >= 0.3 is 0 Å². The fourth-order valence-electron chi connectivity index (χ4n) is 2.03. The zero-order valence-corrected chi connectivity index (χ0v) is 11.4. The van der Waals surface area contributed by atoms with Crippen LogP contribution in [0.4, 0.5) is 0 Å². The van der Waals surface area contributed by atoms with E-state index in [1.807, 2.05) is 18.2 Å². The van der Waals surface area contributed by atoms with E-state index in [-0.39, 0.29) is 12.7 Å². The molecule has 21 heavy (non-hydrogen) atoms. The highest BCUT2D eigenvalue weighted by atomic mass is 16.7. The maximum absolute atomic E-state index is 11.6. The Bertz CT molecular complexity index is 646. The maximum Gasteiger partial charge on any atom is 0.244 e. The molecule has 0 aliphatic carbocycles. The summed E-state index contributed by atoms with van der Waals surface area (Å²) in [5.74, 6) is 2.04. The van der Waals surface area contributed by atoms with E-state index in [4.69, 9.17) is 13.9 Å². The van der Waals surface area contributed by atoms with Crippen molar-refractivity contribution in [2.24, 2.45) is 0 Å². The molecule has 2 aromatic rings. The van der Waals surface area contributed by atoms with Gasteiger partial charge in [0.15, 0.2) is 11.5 Å². The summed E-state index contributed by atoms with van der Waals surface area (Å²) in [5.41, 5.74) is 1.09. The number of fused-ring (bicyclic) bond motifs is 1. The molecule has 0 spiro atoms. The number of furan rings is 1. The van der Waals surface area contributed by atoms with Crippen molar-refractivity contribution in [1.82, 2.24) is 5.32 Å². The van der Waals surface area contributed by atoms with Crippen molar-refractivity contribution in [3.8, 4) is 11.5 Å². The first-order chi connectivity index (χ1) is 10.3. The standard InChI is InChI=1S/C16H15NO4/c18-16(6-4-13-2-1-9-19-13)17-8-7-12-3-5-14-15(10-12)21-11-20-14/h1-6,9-10H,7-8,11H2,(H,17,18)/b6-4+. The van der Waals surface area contributed by atoms with Gasteiger partial charge in [0.1, 0.15) is 5.76 Å². The van der Waals surface area contributed by atoms with E-state index >= 15 is 0 Å². The highest BCUT2D eigenvalue weighted by Crippen LogP contribution is 2.32. The third-order valence-electron chi connectivity index (χ3n) is 3.09. The van der Waals surface area contributed by atoms with Crippen LogP contribution in [0.15, 0.2) is 47.1 Å². The zero-order chi connectivity index (χ0) is 14.5. The number of hydrogen-bond acceptors (Lipinski definition) is 4. The van der Waals surface area contributed by atoms with Crippen molar-refractivity contribution in [3.05, 3.63) is 54.0 Å². The molecule has 0 saturated heterocycles. The van der Waals surface area contributed by atoms with Crippen molar-refractivity contribution in [3.63, 3.8) is 0 Å². The van der Waals surface area contributed by atoms with Crippen LogP contribution in [-0.2, 0) is 11.2 Å². The minimum Gasteiger partial charge on any atom is -0.465 e. The Hall–Kier alpha value is -2.69. The summed E-state index contributed by atoms with van der Waals surface area (Å²) in [6.45, 7) is 0.827. The Labute approximate surface area is 122 Å². The van der Waals surface area contributed by atoms with Gasteiger partial charge < -0.3 is 19.2 Å². The number of nitrogens with one attached hydrogen (secondary N) is 1. The van der Waals surface area contributed by atoms with Gasteiger partial charge in [-0.2, -0.15) is 0 Å². The van der Waals surface area contributed by atoms with Crippen LogP contribution in [0.1, 0.15) is 11.3 Å². The number of benzene rings is 1. The molecule has 1 amide bonds. The Morgan fingerprint density at radius 3 is 3.00 bits per heavy atom. The molecule has 0 fully saturated rings. The first-order valence-corrected chi connectivity index (χ1v) is 6.69. The predicted octanol–water partition coefficient (Wildman–Crippen LogP) is 2.38.